The lowest BCUT2D eigenvalue weighted by molar-refractivity contribution is -0.385. The molecule has 2 heterocycles. The lowest BCUT2D eigenvalue weighted by Gasteiger charge is -2.29. The highest BCUT2D eigenvalue weighted by atomic mass is 16.6. The molecule has 0 saturated carbocycles. The molecule has 1 aliphatic rings. The van der Waals surface area contributed by atoms with E-state index in [-0.39, 0.29) is 10.6 Å². The summed E-state index contributed by atoms with van der Waals surface area (Å²) in [6, 6.07) is 1.66. The van der Waals surface area contributed by atoms with Crippen molar-refractivity contribution in [2.45, 2.75) is 26.8 Å². The summed E-state index contributed by atoms with van der Waals surface area (Å²) in [6.45, 7) is 7.17. The molecule has 5 heteroatoms. The van der Waals surface area contributed by atoms with Crippen molar-refractivity contribution in [3.05, 3.63) is 33.6 Å². The van der Waals surface area contributed by atoms with Crippen LogP contribution in [0.5, 0.6) is 0 Å². The summed E-state index contributed by atoms with van der Waals surface area (Å²) >= 11 is 0. The molecule has 0 atom stereocenters. The maximum absolute atomic E-state index is 10.7. The van der Waals surface area contributed by atoms with Crippen LogP contribution in [0.2, 0.25) is 0 Å². The monoisotopic (exact) mass is 235 g/mol. The van der Waals surface area contributed by atoms with Crippen molar-refractivity contribution in [2.24, 2.45) is 5.92 Å². The Morgan fingerprint density at radius 2 is 2.35 bits per heavy atom. The van der Waals surface area contributed by atoms with Crippen LogP contribution < -0.4 is 0 Å². The molecule has 0 N–H and O–H groups in total. The third-order valence-electron chi connectivity index (χ3n) is 2.94. The van der Waals surface area contributed by atoms with E-state index in [1.54, 1.807) is 6.07 Å². The van der Waals surface area contributed by atoms with Crippen LogP contribution in [-0.2, 0) is 13.0 Å². The molecule has 5 nitrogen and oxygen atoms in total. The number of hydrogen-bond donors (Lipinski definition) is 0. The van der Waals surface area contributed by atoms with Gasteiger partial charge in [0.25, 0.3) is 5.69 Å². The average Bonchev–Trinajstić information content (AvgIpc) is 2.27. The Kier molecular flexibility index (Phi) is 3.38. The summed E-state index contributed by atoms with van der Waals surface area (Å²) in [6.07, 6.45) is 2.25. The summed E-state index contributed by atoms with van der Waals surface area (Å²) in [5, 5.41) is 10.7. The molecule has 0 unspecified atom stereocenters. The van der Waals surface area contributed by atoms with Crippen molar-refractivity contribution >= 4 is 5.69 Å². The van der Waals surface area contributed by atoms with Gasteiger partial charge in [0.1, 0.15) is 6.20 Å². The standard InChI is InChI=1S/C12H17N3O2/c1-9(2)7-14-4-3-12-10(8-14)5-11(6-13-12)15(16)17/h5-6,9H,3-4,7-8H2,1-2H3. The maximum Gasteiger partial charge on any atom is 0.287 e. The van der Waals surface area contributed by atoms with Crippen LogP contribution >= 0.6 is 0 Å². The van der Waals surface area contributed by atoms with E-state index in [1.165, 1.54) is 6.20 Å². The molecule has 1 aromatic rings. The van der Waals surface area contributed by atoms with Gasteiger partial charge in [-0.15, -0.1) is 0 Å². The third kappa shape index (κ3) is 2.79. The van der Waals surface area contributed by atoms with Gasteiger partial charge in [-0.25, -0.2) is 0 Å². The zero-order chi connectivity index (χ0) is 12.4. The van der Waals surface area contributed by atoms with E-state index in [0.29, 0.717) is 5.92 Å². The van der Waals surface area contributed by atoms with Crippen molar-refractivity contribution < 1.29 is 4.92 Å². The summed E-state index contributed by atoms with van der Waals surface area (Å²) in [5.74, 6) is 0.614. The molecular weight excluding hydrogens is 218 g/mol. The minimum atomic E-state index is -0.380. The third-order valence-corrected chi connectivity index (χ3v) is 2.94. The van der Waals surface area contributed by atoms with Gasteiger partial charge >= 0.3 is 0 Å². The molecule has 0 saturated heterocycles. The first-order valence-corrected chi connectivity index (χ1v) is 5.91. The first kappa shape index (κ1) is 12.0. The predicted molar refractivity (Wildman–Crippen MR) is 64.7 cm³/mol. The van der Waals surface area contributed by atoms with Crippen molar-refractivity contribution in [1.82, 2.24) is 9.88 Å². The van der Waals surface area contributed by atoms with Crippen LogP contribution in [0, 0.1) is 16.0 Å². The van der Waals surface area contributed by atoms with E-state index in [1.807, 2.05) is 0 Å². The lowest BCUT2D eigenvalue weighted by Crippen LogP contribution is -2.33. The van der Waals surface area contributed by atoms with Crippen LogP contribution in [0.25, 0.3) is 0 Å². The molecule has 0 aromatic carbocycles. The van der Waals surface area contributed by atoms with Crippen LogP contribution in [0.15, 0.2) is 12.3 Å². The fourth-order valence-electron chi connectivity index (χ4n) is 2.24. The normalized spacial score (nSPS) is 15.9. The summed E-state index contributed by atoms with van der Waals surface area (Å²) < 4.78 is 0. The number of fused-ring (bicyclic) bond motifs is 1. The number of rotatable bonds is 3. The Bertz CT molecular complexity index is 432. The van der Waals surface area contributed by atoms with Gasteiger partial charge in [0.2, 0.25) is 0 Å². The smallest absolute Gasteiger partial charge is 0.287 e. The molecule has 2 rings (SSSR count). The van der Waals surface area contributed by atoms with Gasteiger partial charge in [0.15, 0.2) is 0 Å². The fraction of sp³-hybridized carbons (Fsp3) is 0.583. The van der Waals surface area contributed by atoms with Gasteiger partial charge in [0.05, 0.1) is 4.92 Å². The van der Waals surface area contributed by atoms with Gasteiger partial charge < -0.3 is 0 Å². The van der Waals surface area contributed by atoms with Crippen LogP contribution in [-0.4, -0.2) is 27.9 Å². The van der Waals surface area contributed by atoms with Crippen molar-refractivity contribution in [3.8, 4) is 0 Å². The molecule has 1 aromatic heterocycles. The van der Waals surface area contributed by atoms with Gasteiger partial charge in [-0.1, -0.05) is 13.8 Å². The first-order chi connectivity index (χ1) is 8.06. The molecule has 0 radical (unpaired) electrons. The van der Waals surface area contributed by atoms with Gasteiger partial charge in [-0.3, -0.25) is 20.0 Å². The van der Waals surface area contributed by atoms with E-state index in [9.17, 15) is 10.1 Å². The van der Waals surface area contributed by atoms with E-state index < -0.39 is 0 Å². The number of hydrogen-bond acceptors (Lipinski definition) is 4. The first-order valence-electron chi connectivity index (χ1n) is 5.91. The van der Waals surface area contributed by atoms with Crippen LogP contribution in [0.3, 0.4) is 0 Å². The maximum atomic E-state index is 10.7. The van der Waals surface area contributed by atoms with E-state index in [0.717, 1.165) is 37.3 Å². The van der Waals surface area contributed by atoms with Crippen molar-refractivity contribution in [3.63, 3.8) is 0 Å². The van der Waals surface area contributed by atoms with E-state index >= 15 is 0 Å². The molecule has 0 spiro atoms. The van der Waals surface area contributed by atoms with E-state index in [4.69, 9.17) is 0 Å². The van der Waals surface area contributed by atoms with Crippen molar-refractivity contribution in [1.29, 1.82) is 0 Å². The number of pyridine rings is 1. The summed E-state index contributed by atoms with van der Waals surface area (Å²) in [7, 11) is 0. The Hall–Kier alpha value is -1.49. The van der Waals surface area contributed by atoms with Crippen LogP contribution in [0.4, 0.5) is 5.69 Å². The molecule has 0 aliphatic carbocycles. The number of nitro groups is 1. The molecule has 92 valence electrons. The number of aromatic nitrogens is 1. The average molecular weight is 235 g/mol. The second-order valence-corrected chi connectivity index (χ2v) is 4.94. The highest BCUT2D eigenvalue weighted by Crippen LogP contribution is 2.21. The highest BCUT2D eigenvalue weighted by molar-refractivity contribution is 5.35. The van der Waals surface area contributed by atoms with Gasteiger partial charge in [-0.05, 0) is 11.5 Å². The Morgan fingerprint density at radius 1 is 1.59 bits per heavy atom. The van der Waals surface area contributed by atoms with Crippen molar-refractivity contribution in [2.75, 3.05) is 13.1 Å². The zero-order valence-electron chi connectivity index (χ0n) is 10.2. The predicted octanol–water partition coefficient (Wildman–Crippen LogP) is 2.00. The fourth-order valence-corrected chi connectivity index (χ4v) is 2.24. The topological polar surface area (TPSA) is 59.3 Å². The molecule has 0 amide bonds. The summed E-state index contributed by atoms with van der Waals surface area (Å²) in [5.41, 5.74) is 2.11. The number of nitrogens with zero attached hydrogens (tertiary/aromatic N) is 3. The minimum Gasteiger partial charge on any atom is -0.298 e. The molecule has 0 fully saturated rings. The Labute approximate surface area is 101 Å². The Morgan fingerprint density at radius 3 is 3.00 bits per heavy atom. The zero-order valence-corrected chi connectivity index (χ0v) is 10.2. The van der Waals surface area contributed by atoms with E-state index in [2.05, 4.69) is 23.7 Å². The second-order valence-electron chi connectivity index (χ2n) is 4.94. The molecule has 0 bridgehead atoms. The molecule has 1 aliphatic heterocycles. The van der Waals surface area contributed by atoms with Gasteiger partial charge in [0, 0.05) is 37.8 Å². The highest BCUT2D eigenvalue weighted by Gasteiger charge is 2.20. The summed E-state index contributed by atoms with van der Waals surface area (Å²) in [4.78, 5) is 16.8. The van der Waals surface area contributed by atoms with Gasteiger partial charge in [-0.2, -0.15) is 0 Å². The van der Waals surface area contributed by atoms with Crippen LogP contribution in [0.1, 0.15) is 25.1 Å². The molecule has 17 heavy (non-hydrogen) atoms. The Balaban J connectivity index is 2.17. The largest absolute Gasteiger partial charge is 0.298 e. The second kappa shape index (κ2) is 4.79. The minimum absolute atomic E-state index is 0.0927. The quantitative estimate of drug-likeness (QED) is 0.594. The molecular formula is C12H17N3O2. The lowest BCUT2D eigenvalue weighted by atomic mass is 10.0. The SMILES string of the molecule is CC(C)CN1CCc2ncc([N+](=O)[O-])cc2C1.